The van der Waals surface area contributed by atoms with Crippen molar-refractivity contribution in [2.45, 2.75) is 26.8 Å². The van der Waals surface area contributed by atoms with Gasteiger partial charge in [-0.15, -0.1) is 0 Å². The summed E-state index contributed by atoms with van der Waals surface area (Å²) in [5.41, 5.74) is 7.88. The summed E-state index contributed by atoms with van der Waals surface area (Å²) in [6.45, 7) is 5.88. The topological polar surface area (TPSA) is 68.0 Å². The second-order valence-corrected chi connectivity index (χ2v) is 5.78. The van der Waals surface area contributed by atoms with Gasteiger partial charge >= 0.3 is 0 Å². The van der Waals surface area contributed by atoms with Crippen molar-refractivity contribution < 1.29 is 4.79 Å². The van der Waals surface area contributed by atoms with Crippen molar-refractivity contribution in [3.05, 3.63) is 23.8 Å². The van der Waals surface area contributed by atoms with Crippen LogP contribution in [0.1, 0.15) is 19.4 Å². The molecular formula is C13H17N3OS. The lowest BCUT2D eigenvalue weighted by Gasteiger charge is -2.13. The second-order valence-electron chi connectivity index (χ2n) is 4.75. The number of benzene rings is 1. The van der Waals surface area contributed by atoms with E-state index in [1.807, 2.05) is 32.9 Å². The zero-order valence-corrected chi connectivity index (χ0v) is 11.5. The summed E-state index contributed by atoms with van der Waals surface area (Å²) < 4.78 is 1.07. The van der Waals surface area contributed by atoms with E-state index in [2.05, 4.69) is 16.4 Å². The summed E-state index contributed by atoms with van der Waals surface area (Å²) in [6.07, 6.45) is 0. The minimum Gasteiger partial charge on any atom is -0.320 e. The molecule has 1 amide bonds. The molecule has 0 bridgehead atoms. The van der Waals surface area contributed by atoms with Crippen LogP contribution in [-0.2, 0) is 4.79 Å². The largest absolute Gasteiger partial charge is 0.320 e. The average molecular weight is 263 g/mol. The number of nitrogens with two attached hydrogens (primary N) is 1. The third-order valence-corrected chi connectivity index (χ3v) is 3.73. The Hall–Kier alpha value is -1.46. The number of amides is 1. The summed E-state index contributed by atoms with van der Waals surface area (Å²) in [6, 6.07) is 5.52. The molecule has 0 spiro atoms. The Kier molecular flexibility index (Phi) is 3.63. The number of hydrogen-bond donors (Lipinski definition) is 2. The first-order valence-electron chi connectivity index (χ1n) is 5.91. The average Bonchev–Trinajstić information content (AvgIpc) is 2.68. The molecule has 0 fully saturated rings. The number of aromatic nitrogens is 1. The molecule has 5 heteroatoms. The van der Waals surface area contributed by atoms with Crippen molar-refractivity contribution >= 4 is 32.6 Å². The van der Waals surface area contributed by atoms with Gasteiger partial charge in [0.1, 0.15) is 0 Å². The molecule has 1 aromatic heterocycles. The number of aryl methyl sites for hydroxylation is 1. The summed E-state index contributed by atoms with van der Waals surface area (Å²) in [5, 5.41) is 3.38. The van der Waals surface area contributed by atoms with Crippen LogP contribution in [0, 0.1) is 12.8 Å². The first-order valence-corrected chi connectivity index (χ1v) is 6.72. The molecule has 2 rings (SSSR count). The lowest BCUT2D eigenvalue weighted by molar-refractivity contribution is -0.118. The summed E-state index contributed by atoms with van der Waals surface area (Å²) in [7, 11) is 0. The molecule has 0 saturated carbocycles. The molecule has 4 nitrogen and oxygen atoms in total. The fourth-order valence-corrected chi connectivity index (χ4v) is 2.54. The highest BCUT2D eigenvalue weighted by Crippen LogP contribution is 2.26. The smallest absolute Gasteiger partial charge is 0.243 e. The minimum atomic E-state index is -0.501. The molecule has 0 radical (unpaired) electrons. The van der Waals surface area contributed by atoms with E-state index in [9.17, 15) is 4.79 Å². The van der Waals surface area contributed by atoms with Gasteiger partial charge in [0, 0.05) is 0 Å². The van der Waals surface area contributed by atoms with E-state index in [1.54, 1.807) is 0 Å². The molecular weight excluding hydrogens is 246 g/mol. The van der Waals surface area contributed by atoms with E-state index in [1.165, 1.54) is 16.9 Å². The first kappa shape index (κ1) is 13.0. The third kappa shape index (κ3) is 2.68. The Morgan fingerprint density at radius 1 is 1.44 bits per heavy atom. The van der Waals surface area contributed by atoms with Gasteiger partial charge in [0.15, 0.2) is 5.13 Å². The molecule has 1 unspecified atom stereocenters. The second kappa shape index (κ2) is 5.04. The Balaban J connectivity index is 2.20. The molecule has 0 aliphatic rings. The van der Waals surface area contributed by atoms with Crippen LogP contribution < -0.4 is 11.1 Å². The standard InChI is InChI=1S/C13H17N3OS/c1-7(2)11(14)12(17)16-13-15-9-5-4-8(3)6-10(9)18-13/h4-7,11H,14H2,1-3H3,(H,15,16,17). The van der Waals surface area contributed by atoms with Crippen LogP contribution in [-0.4, -0.2) is 16.9 Å². The molecule has 2 aromatic rings. The molecule has 3 N–H and O–H groups in total. The molecule has 0 aliphatic carbocycles. The van der Waals surface area contributed by atoms with E-state index < -0.39 is 6.04 Å². The van der Waals surface area contributed by atoms with Crippen molar-refractivity contribution in [2.75, 3.05) is 5.32 Å². The maximum atomic E-state index is 11.8. The van der Waals surface area contributed by atoms with Crippen LogP contribution in [0.4, 0.5) is 5.13 Å². The van der Waals surface area contributed by atoms with Gasteiger partial charge in [-0.05, 0) is 30.5 Å². The lowest BCUT2D eigenvalue weighted by atomic mass is 10.1. The fourth-order valence-electron chi connectivity index (χ4n) is 1.58. The number of thiazole rings is 1. The van der Waals surface area contributed by atoms with Crippen LogP contribution in [0.25, 0.3) is 10.2 Å². The van der Waals surface area contributed by atoms with Crippen LogP contribution >= 0.6 is 11.3 Å². The number of nitrogens with zero attached hydrogens (tertiary/aromatic N) is 1. The first-order chi connectivity index (χ1) is 8.47. The van der Waals surface area contributed by atoms with Crippen molar-refractivity contribution in [1.29, 1.82) is 0 Å². The molecule has 96 valence electrons. The van der Waals surface area contributed by atoms with Crippen LogP contribution in [0.5, 0.6) is 0 Å². The van der Waals surface area contributed by atoms with Gasteiger partial charge in [0.2, 0.25) is 5.91 Å². The predicted octanol–water partition coefficient (Wildman–Crippen LogP) is 2.53. The zero-order chi connectivity index (χ0) is 13.3. The van der Waals surface area contributed by atoms with Gasteiger partial charge < -0.3 is 11.1 Å². The molecule has 18 heavy (non-hydrogen) atoms. The highest BCUT2D eigenvalue weighted by atomic mass is 32.1. The molecule has 1 heterocycles. The maximum absolute atomic E-state index is 11.8. The van der Waals surface area contributed by atoms with Crippen molar-refractivity contribution in [2.24, 2.45) is 11.7 Å². The zero-order valence-electron chi connectivity index (χ0n) is 10.7. The number of fused-ring (bicyclic) bond motifs is 1. The summed E-state index contributed by atoms with van der Waals surface area (Å²) in [5.74, 6) is -0.0672. The van der Waals surface area contributed by atoms with E-state index in [4.69, 9.17) is 5.73 Å². The quantitative estimate of drug-likeness (QED) is 0.894. The summed E-state index contributed by atoms with van der Waals surface area (Å²) >= 11 is 1.47. The Morgan fingerprint density at radius 3 is 2.83 bits per heavy atom. The lowest BCUT2D eigenvalue weighted by Crippen LogP contribution is -2.39. The van der Waals surface area contributed by atoms with E-state index in [0.717, 1.165) is 10.2 Å². The number of carbonyl (C=O) groups is 1. The number of carbonyl (C=O) groups excluding carboxylic acids is 1. The predicted molar refractivity (Wildman–Crippen MR) is 75.8 cm³/mol. The molecule has 1 atom stereocenters. The van der Waals surface area contributed by atoms with Gasteiger partial charge in [0.25, 0.3) is 0 Å². The minimum absolute atomic E-state index is 0.113. The van der Waals surface area contributed by atoms with Crippen LogP contribution in [0.3, 0.4) is 0 Å². The monoisotopic (exact) mass is 263 g/mol. The van der Waals surface area contributed by atoms with Crippen molar-refractivity contribution in [3.63, 3.8) is 0 Å². The van der Waals surface area contributed by atoms with Gasteiger partial charge in [-0.25, -0.2) is 4.98 Å². The SMILES string of the molecule is Cc1ccc2nc(NC(=O)C(N)C(C)C)sc2c1. The van der Waals surface area contributed by atoms with Gasteiger partial charge in [-0.1, -0.05) is 31.3 Å². The van der Waals surface area contributed by atoms with Gasteiger partial charge in [0.05, 0.1) is 16.3 Å². The number of anilines is 1. The van der Waals surface area contributed by atoms with Crippen LogP contribution in [0.15, 0.2) is 18.2 Å². The Labute approximate surface area is 110 Å². The third-order valence-electron chi connectivity index (χ3n) is 2.80. The van der Waals surface area contributed by atoms with Crippen molar-refractivity contribution in [3.8, 4) is 0 Å². The normalized spacial score (nSPS) is 12.9. The number of hydrogen-bond acceptors (Lipinski definition) is 4. The molecule has 1 aromatic carbocycles. The van der Waals surface area contributed by atoms with Gasteiger partial charge in [-0.3, -0.25) is 4.79 Å². The highest BCUT2D eigenvalue weighted by Gasteiger charge is 2.18. The number of nitrogens with one attached hydrogen (secondary N) is 1. The highest BCUT2D eigenvalue weighted by molar-refractivity contribution is 7.22. The van der Waals surface area contributed by atoms with E-state index in [0.29, 0.717) is 5.13 Å². The number of rotatable bonds is 3. The molecule has 0 aliphatic heterocycles. The maximum Gasteiger partial charge on any atom is 0.243 e. The van der Waals surface area contributed by atoms with Gasteiger partial charge in [-0.2, -0.15) is 0 Å². The van der Waals surface area contributed by atoms with Crippen LogP contribution in [0.2, 0.25) is 0 Å². The van der Waals surface area contributed by atoms with E-state index >= 15 is 0 Å². The Bertz CT molecular complexity index is 577. The Morgan fingerprint density at radius 2 is 2.17 bits per heavy atom. The van der Waals surface area contributed by atoms with Crippen molar-refractivity contribution in [1.82, 2.24) is 4.98 Å². The van der Waals surface area contributed by atoms with E-state index in [-0.39, 0.29) is 11.8 Å². The molecule has 0 saturated heterocycles. The summed E-state index contributed by atoms with van der Waals surface area (Å²) in [4.78, 5) is 16.2. The fraction of sp³-hybridized carbons (Fsp3) is 0.385.